The first-order valence-corrected chi connectivity index (χ1v) is 9.39. The van der Waals surface area contributed by atoms with Gasteiger partial charge in [0.25, 0.3) is 11.8 Å². The van der Waals surface area contributed by atoms with Gasteiger partial charge in [0.1, 0.15) is 23.1 Å². The van der Waals surface area contributed by atoms with Crippen molar-refractivity contribution in [2.75, 3.05) is 26.3 Å². The standard InChI is InChI=1S/C20H21ClF2N2O5/c21-17-6-5-16(9-18(17)23)30-11-19(27)24-8-7-14(26)10-25-20(28)12-29-15-3-1-13(22)2-4-15/h1-6,9,14,26H,7-8,10-12H2,(H,24,27)(H,25,28). The predicted molar refractivity (Wildman–Crippen MR) is 105 cm³/mol. The summed E-state index contributed by atoms with van der Waals surface area (Å²) in [5.41, 5.74) is 0. The number of aliphatic hydroxyl groups is 1. The summed E-state index contributed by atoms with van der Waals surface area (Å²) in [7, 11) is 0. The number of aliphatic hydroxyl groups excluding tert-OH is 1. The molecule has 0 aliphatic rings. The predicted octanol–water partition coefficient (Wildman–Crippen LogP) is 2.06. The van der Waals surface area contributed by atoms with E-state index in [2.05, 4.69) is 10.6 Å². The smallest absolute Gasteiger partial charge is 0.258 e. The molecule has 0 aliphatic carbocycles. The number of carbonyl (C=O) groups excluding carboxylic acids is 2. The second kappa shape index (κ2) is 11.9. The Balaban J connectivity index is 1.55. The van der Waals surface area contributed by atoms with Crippen molar-refractivity contribution in [2.24, 2.45) is 0 Å². The van der Waals surface area contributed by atoms with Crippen LogP contribution in [0.5, 0.6) is 11.5 Å². The van der Waals surface area contributed by atoms with E-state index in [1.54, 1.807) is 0 Å². The number of carbonyl (C=O) groups is 2. The van der Waals surface area contributed by atoms with E-state index in [4.69, 9.17) is 21.1 Å². The van der Waals surface area contributed by atoms with Crippen molar-refractivity contribution in [3.05, 3.63) is 59.1 Å². The van der Waals surface area contributed by atoms with E-state index in [9.17, 15) is 23.5 Å². The maximum Gasteiger partial charge on any atom is 0.258 e. The molecule has 0 heterocycles. The van der Waals surface area contributed by atoms with Gasteiger partial charge >= 0.3 is 0 Å². The highest BCUT2D eigenvalue weighted by atomic mass is 35.5. The van der Waals surface area contributed by atoms with Gasteiger partial charge in [-0.2, -0.15) is 0 Å². The lowest BCUT2D eigenvalue weighted by Crippen LogP contribution is -2.37. The number of nitrogens with one attached hydrogen (secondary N) is 2. The Morgan fingerprint density at radius 1 is 0.967 bits per heavy atom. The Bertz CT molecular complexity index is 852. The number of benzene rings is 2. The number of hydrogen-bond acceptors (Lipinski definition) is 5. The van der Waals surface area contributed by atoms with E-state index in [1.807, 2.05) is 0 Å². The average Bonchev–Trinajstić information content (AvgIpc) is 2.72. The van der Waals surface area contributed by atoms with Crippen molar-refractivity contribution < 1.29 is 33.0 Å². The van der Waals surface area contributed by atoms with Gasteiger partial charge in [-0.1, -0.05) is 11.6 Å². The van der Waals surface area contributed by atoms with Crippen LogP contribution in [0.1, 0.15) is 6.42 Å². The van der Waals surface area contributed by atoms with Gasteiger partial charge in [-0.3, -0.25) is 9.59 Å². The Hall–Kier alpha value is -2.91. The number of hydrogen-bond donors (Lipinski definition) is 3. The number of rotatable bonds is 11. The summed E-state index contributed by atoms with van der Waals surface area (Å²) in [4.78, 5) is 23.4. The second-order valence-electron chi connectivity index (χ2n) is 6.20. The average molecular weight is 443 g/mol. The fourth-order valence-corrected chi connectivity index (χ4v) is 2.33. The molecular weight excluding hydrogens is 422 g/mol. The molecule has 2 aromatic rings. The van der Waals surface area contributed by atoms with Crippen molar-refractivity contribution in [2.45, 2.75) is 12.5 Å². The zero-order chi connectivity index (χ0) is 21.9. The first kappa shape index (κ1) is 23.4. The fraction of sp³-hybridized carbons (Fsp3) is 0.300. The molecular formula is C20H21ClF2N2O5. The molecule has 0 spiro atoms. The summed E-state index contributed by atoms with van der Waals surface area (Å²) >= 11 is 5.56. The Morgan fingerprint density at radius 3 is 2.23 bits per heavy atom. The summed E-state index contributed by atoms with van der Waals surface area (Å²) in [6.07, 6.45) is -0.688. The van der Waals surface area contributed by atoms with Gasteiger partial charge in [0.2, 0.25) is 0 Å². The molecule has 0 saturated heterocycles. The van der Waals surface area contributed by atoms with Crippen molar-refractivity contribution in [1.82, 2.24) is 10.6 Å². The first-order chi connectivity index (χ1) is 14.3. The molecule has 30 heavy (non-hydrogen) atoms. The highest BCUT2D eigenvalue weighted by molar-refractivity contribution is 6.30. The van der Waals surface area contributed by atoms with Gasteiger partial charge in [0, 0.05) is 19.2 Å². The molecule has 2 aromatic carbocycles. The summed E-state index contributed by atoms with van der Waals surface area (Å²) in [5, 5.41) is 14.8. The maximum absolute atomic E-state index is 13.3. The molecule has 0 aromatic heterocycles. The normalized spacial score (nSPS) is 11.5. The fourth-order valence-electron chi connectivity index (χ4n) is 2.21. The maximum atomic E-state index is 13.3. The van der Waals surface area contributed by atoms with Gasteiger partial charge in [-0.15, -0.1) is 0 Å². The minimum Gasteiger partial charge on any atom is -0.484 e. The van der Waals surface area contributed by atoms with Crippen LogP contribution < -0.4 is 20.1 Å². The summed E-state index contributed by atoms with van der Waals surface area (Å²) in [5.74, 6) is -1.45. The van der Waals surface area contributed by atoms with Gasteiger partial charge in [0.05, 0.1) is 11.1 Å². The number of ether oxygens (including phenoxy) is 2. The third kappa shape index (κ3) is 8.62. The molecule has 7 nitrogen and oxygen atoms in total. The summed E-state index contributed by atoms with van der Waals surface area (Å²) in [6, 6.07) is 9.04. The van der Waals surface area contributed by atoms with Crippen molar-refractivity contribution >= 4 is 23.4 Å². The van der Waals surface area contributed by atoms with E-state index in [0.29, 0.717) is 5.75 Å². The molecule has 0 bridgehead atoms. The van der Waals surface area contributed by atoms with Crippen LogP contribution in [0.15, 0.2) is 42.5 Å². The highest BCUT2D eigenvalue weighted by Gasteiger charge is 2.10. The first-order valence-electron chi connectivity index (χ1n) is 9.01. The largest absolute Gasteiger partial charge is 0.484 e. The third-order valence-corrected chi connectivity index (χ3v) is 4.09. The molecule has 162 valence electrons. The van der Waals surface area contributed by atoms with Crippen LogP contribution >= 0.6 is 11.6 Å². The molecule has 0 saturated carbocycles. The van der Waals surface area contributed by atoms with Crippen molar-refractivity contribution in [3.8, 4) is 11.5 Å². The number of amides is 2. The van der Waals surface area contributed by atoms with Gasteiger partial charge < -0.3 is 25.2 Å². The molecule has 1 unspecified atom stereocenters. The van der Waals surface area contributed by atoms with Crippen molar-refractivity contribution in [1.29, 1.82) is 0 Å². The lowest BCUT2D eigenvalue weighted by Gasteiger charge is -2.13. The Labute approximate surface area is 176 Å². The molecule has 2 amide bonds. The lowest BCUT2D eigenvalue weighted by atomic mass is 10.2. The van der Waals surface area contributed by atoms with Crippen LogP contribution in [0, 0.1) is 11.6 Å². The highest BCUT2D eigenvalue weighted by Crippen LogP contribution is 2.20. The molecule has 10 heteroatoms. The SMILES string of the molecule is O=C(COc1ccc(Cl)c(F)c1)NCCC(O)CNC(=O)COc1ccc(F)cc1. The monoisotopic (exact) mass is 442 g/mol. The van der Waals surface area contributed by atoms with Gasteiger partial charge in [0.15, 0.2) is 13.2 Å². The lowest BCUT2D eigenvalue weighted by molar-refractivity contribution is -0.124. The van der Waals surface area contributed by atoms with E-state index < -0.39 is 29.6 Å². The van der Waals surface area contributed by atoms with E-state index in [0.717, 1.165) is 6.07 Å². The minimum absolute atomic E-state index is 0.0258. The molecule has 0 fully saturated rings. The van der Waals surface area contributed by atoms with Crippen molar-refractivity contribution in [3.63, 3.8) is 0 Å². The Morgan fingerprint density at radius 2 is 1.57 bits per heavy atom. The number of halogens is 3. The van der Waals surface area contributed by atoms with E-state index in [1.165, 1.54) is 36.4 Å². The van der Waals surface area contributed by atoms with Crippen LogP contribution in [0.3, 0.4) is 0 Å². The molecule has 0 aliphatic heterocycles. The minimum atomic E-state index is -0.883. The van der Waals surface area contributed by atoms with Crippen LogP contribution in [-0.4, -0.2) is 49.3 Å². The third-order valence-electron chi connectivity index (χ3n) is 3.78. The van der Waals surface area contributed by atoms with Crippen LogP contribution in [-0.2, 0) is 9.59 Å². The second-order valence-corrected chi connectivity index (χ2v) is 6.61. The molecule has 1 atom stereocenters. The zero-order valence-corrected chi connectivity index (χ0v) is 16.6. The summed E-state index contributed by atoms with van der Waals surface area (Å²) in [6.45, 7) is -0.478. The van der Waals surface area contributed by atoms with Gasteiger partial charge in [-0.25, -0.2) is 8.78 Å². The van der Waals surface area contributed by atoms with Crippen LogP contribution in [0.25, 0.3) is 0 Å². The van der Waals surface area contributed by atoms with E-state index in [-0.39, 0.29) is 43.5 Å². The molecule has 0 radical (unpaired) electrons. The molecule has 2 rings (SSSR count). The Kier molecular flexibility index (Phi) is 9.30. The molecule has 3 N–H and O–H groups in total. The van der Waals surface area contributed by atoms with E-state index >= 15 is 0 Å². The zero-order valence-electron chi connectivity index (χ0n) is 15.9. The van der Waals surface area contributed by atoms with Crippen LogP contribution in [0.4, 0.5) is 8.78 Å². The van der Waals surface area contributed by atoms with Crippen LogP contribution in [0.2, 0.25) is 5.02 Å². The van der Waals surface area contributed by atoms with Gasteiger partial charge in [-0.05, 0) is 42.8 Å². The topological polar surface area (TPSA) is 96.9 Å². The summed E-state index contributed by atoms with van der Waals surface area (Å²) < 4.78 is 36.4. The quantitative estimate of drug-likeness (QED) is 0.495.